The molecule has 0 saturated heterocycles. The maximum atomic E-state index is 11.8. The number of nitrogens with one attached hydrogen (secondary N) is 1. The minimum absolute atomic E-state index is 0.138. The second kappa shape index (κ2) is 6.48. The predicted molar refractivity (Wildman–Crippen MR) is 68.8 cm³/mol. The lowest BCUT2D eigenvalue weighted by Crippen LogP contribution is -2.32. The van der Waals surface area contributed by atoms with Crippen molar-refractivity contribution in [2.75, 3.05) is 11.9 Å². The lowest BCUT2D eigenvalue weighted by molar-refractivity contribution is -0.117. The smallest absolute Gasteiger partial charge is 0.235 e. The minimum atomic E-state index is -0.718. The van der Waals surface area contributed by atoms with Gasteiger partial charge >= 0.3 is 0 Å². The van der Waals surface area contributed by atoms with Gasteiger partial charge in [-0.2, -0.15) is 0 Å². The average Bonchev–Trinajstić information content (AvgIpc) is 2.39. The summed E-state index contributed by atoms with van der Waals surface area (Å²) in [6.45, 7) is 3.91. The first kappa shape index (κ1) is 13.8. The van der Waals surface area contributed by atoms with Crippen LogP contribution in [0.3, 0.4) is 0 Å². The lowest BCUT2D eigenvalue weighted by atomic mass is 10.1. The molecule has 0 aliphatic rings. The standard InChI is InChI=1S/C12H17N3O3/c1-3-18-10-7-5-4-6-9(10)14-12(16)8(2)11(13)15-17/h4-8,17H,3H2,1-2H3,(H2,13,15)(H,14,16). The number of benzene rings is 1. The van der Waals surface area contributed by atoms with E-state index in [1.807, 2.05) is 13.0 Å². The summed E-state index contributed by atoms with van der Waals surface area (Å²) in [5.41, 5.74) is 5.93. The molecule has 1 atom stereocenters. The van der Waals surface area contributed by atoms with E-state index in [1.54, 1.807) is 25.1 Å². The summed E-state index contributed by atoms with van der Waals surface area (Å²) < 4.78 is 5.38. The van der Waals surface area contributed by atoms with Crippen molar-refractivity contribution in [3.05, 3.63) is 24.3 Å². The van der Waals surface area contributed by atoms with Gasteiger partial charge in [-0.05, 0) is 26.0 Å². The van der Waals surface area contributed by atoms with Crippen LogP contribution in [-0.4, -0.2) is 23.6 Å². The molecule has 0 spiro atoms. The van der Waals surface area contributed by atoms with Crippen molar-refractivity contribution >= 4 is 17.4 Å². The Hall–Kier alpha value is -2.24. The maximum Gasteiger partial charge on any atom is 0.235 e. The van der Waals surface area contributed by atoms with Gasteiger partial charge in [0.25, 0.3) is 0 Å². The fraction of sp³-hybridized carbons (Fsp3) is 0.333. The van der Waals surface area contributed by atoms with Crippen LogP contribution < -0.4 is 15.8 Å². The molecule has 18 heavy (non-hydrogen) atoms. The van der Waals surface area contributed by atoms with Crippen LogP contribution in [0.2, 0.25) is 0 Å². The van der Waals surface area contributed by atoms with Crippen LogP contribution in [0.1, 0.15) is 13.8 Å². The molecule has 1 rings (SSSR count). The van der Waals surface area contributed by atoms with Gasteiger partial charge in [-0.25, -0.2) is 0 Å². The Labute approximate surface area is 105 Å². The number of anilines is 1. The van der Waals surface area contributed by atoms with Crippen LogP contribution >= 0.6 is 0 Å². The molecule has 0 aliphatic carbocycles. The number of hydrogen-bond donors (Lipinski definition) is 3. The number of carbonyl (C=O) groups is 1. The molecule has 1 aromatic carbocycles. The molecule has 0 saturated carbocycles. The summed E-state index contributed by atoms with van der Waals surface area (Å²) in [5.74, 6) is -0.636. The van der Waals surface area contributed by atoms with E-state index in [-0.39, 0.29) is 11.7 Å². The van der Waals surface area contributed by atoms with Crippen molar-refractivity contribution in [1.82, 2.24) is 0 Å². The summed E-state index contributed by atoms with van der Waals surface area (Å²) >= 11 is 0. The molecule has 6 heteroatoms. The van der Waals surface area contributed by atoms with Crippen molar-refractivity contribution in [2.24, 2.45) is 16.8 Å². The second-order valence-corrected chi connectivity index (χ2v) is 3.66. The number of hydrogen-bond acceptors (Lipinski definition) is 4. The van der Waals surface area contributed by atoms with Gasteiger partial charge in [0, 0.05) is 0 Å². The fourth-order valence-corrected chi connectivity index (χ4v) is 1.31. The maximum absolute atomic E-state index is 11.8. The molecule has 6 nitrogen and oxygen atoms in total. The molecule has 0 heterocycles. The molecule has 4 N–H and O–H groups in total. The van der Waals surface area contributed by atoms with Crippen molar-refractivity contribution < 1.29 is 14.7 Å². The van der Waals surface area contributed by atoms with Gasteiger partial charge < -0.3 is 21.0 Å². The zero-order chi connectivity index (χ0) is 13.5. The van der Waals surface area contributed by atoms with E-state index in [9.17, 15) is 4.79 Å². The number of ether oxygens (including phenoxy) is 1. The van der Waals surface area contributed by atoms with Gasteiger partial charge in [0.2, 0.25) is 5.91 Å². The predicted octanol–water partition coefficient (Wildman–Crippen LogP) is 1.41. The van der Waals surface area contributed by atoms with Gasteiger partial charge in [0.1, 0.15) is 5.75 Å². The molecule has 0 aliphatic heterocycles. The van der Waals surface area contributed by atoms with Gasteiger partial charge in [-0.3, -0.25) is 4.79 Å². The van der Waals surface area contributed by atoms with Crippen molar-refractivity contribution in [3.8, 4) is 5.75 Å². The Balaban J connectivity index is 2.81. The highest BCUT2D eigenvalue weighted by Crippen LogP contribution is 2.24. The van der Waals surface area contributed by atoms with Crippen molar-refractivity contribution in [3.63, 3.8) is 0 Å². The number of rotatable bonds is 5. The molecule has 98 valence electrons. The number of amides is 1. The average molecular weight is 251 g/mol. The van der Waals surface area contributed by atoms with Crippen LogP contribution in [0.5, 0.6) is 5.75 Å². The second-order valence-electron chi connectivity index (χ2n) is 3.66. The summed E-state index contributed by atoms with van der Waals surface area (Å²) in [7, 11) is 0. The van der Waals surface area contributed by atoms with Crippen LogP contribution in [0.15, 0.2) is 29.4 Å². The lowest BCUT2D eigenvalue weighted by Gasteiger charge is -2.13. The molecular formula is C12H17N3O3. The molecule has 0 aromatic heterocycles. The largest absolute Gasteiger partial charge is 0.492 e. The van der Waals surface area contributed by atoms with Crippen LogP contribution in [-0.2, 0) is 4.79 Å². The Morgan fingerprint density at radius 3 is 2.83 bits per heavy atom. The number of nitrogens with zero attached hydrogens (tertiary/aromatic N) is 1. The monoisotopic (exact) mass is 251 g/mol. The topological polar surface area (TPSA) is 96.9 Å². The number of carbonyl (C=O) groups excluding carboxylic acids is 1. The summed E-state index contributed by atoms with van der Waals surface area (Å²) in [4.78, 5) is 11.8. The van der Waals surface area contributed by atoms with E-state index in [1.165, 1.54) is 0 Å². The van der Waals surface area contributed by atoms with Gasteiger partial charge in [-0.15, -0.1) is 0 Å². The molecular weight excluding hydrogens is 234 g/mol. The summed E-state index contributed by atoms with van der Waals surface area (Å²) in [6, 6.07) is 7.08. The fourth-order valence-electron chi connectivity index (χ4n) is 1.31. The van der Waals surface area contributed by atoms with Gasteiger partial charge in [0.05, 0.1) is 18.2 Å². The van der Waals surface area contributed by atoms with Gasteiger partial charge in [0.15, 0.2) is 5.84 Å². The first-order valence-corrected chi connectivity index (χ1v) is 5.60. The third-order valence-electron chi connectivity index (χ3n) is 2.40. The summed E-state index contributed by atoms with van der Waals surface area (Å²) in [5, 5.41) is 14.0. The third kappa shape index (κ3) is 3.38. The van der Waals surface area contributed by atoms with E-state index in [0.29, 0.717) is 18.0 Å². The number of nitrogens with two attached hydrogens (primary N) is 1. The quantitative estimate of drug-likeness (QED) is 0.319. The highest BCUT2D eigenvalue weighted by molar-refractivity contribution is 6.07. The van der Waals surface area contributed by atoms with E-state index in [0.717, 1.165) is 0 Å². The molecule has 1 unspecified atom stereocenters. The first-order chi connectivity index (χ1) is 8.60. The molecule has 0 fully saturated rings. The van der Waals surface area contributed by atoms with E-state index in [4.69, 9.17) is 15.7 Å². The Morgan fingerprint density at radius 2 is 2.22 bits per heavy atom. The van der Waals surface area contributed by atoms with E-state index in [2.05, 4.69) is 10.5 Å². The van der Waals surface area contributed by atoms with Gasteiger partial charge in [-0.1, -0.05) is 17.3 Å². The zero-order valence-corrected chi connectivity index (χ0v) is 10.4. The molecule has 1 amide bonds. The van der Waals surface area contributed by atoms with Crippen LogP contribution in [0.4, 0.5) is 5.69 Å². The molecule has 1 aromatic rings. The summed E-state index contributed by atoms with van der Waals surface area (Å²) in [6.07, 6.45) is 0. The zero-order valence-electron chi connectivity index (χ0n) is 10.4. The highest BCUT2D eigenvalue weighted by Gasteiger charge is 2.18. The Morgan fingerprint density at radius 1 is 1.56 bits per heavy atom. The normalized spacial score (nSPS) is 12.9. The minimum Gasteiger partial charge on any atom is -0.492 e. The van der Waals surface area contributed by atoms with E-state index < -0.39 is 5.92 Å². The Kier molecular flexibility index (Phi) is 4.98. The molecule has 0 bridgehead atoms. The SMILES string of the molecule is CCOc1ccccc1NC(=O)C(C)C(N)=NO. The molecule has 0 radical (unpaired) electrons. The van der Waals surface area contributed by atoms with Crippen molar-refractivity contribution in [1.29, 1.82) is 0 Å². The number of oxime groups is 1. The van der Waals surface area contributed by atoms with Crippen LogP contribution in [0, 0.1) is 5.92 Å². The first-order valence-electron chi connectivity index (χ1n) is 5.60. The number of amidine groups is 1. The van der Waals surface area contributed by atoms with Crippen LogP contribution in [0.25, 0.3) is 0 Å². The number of para-hydroxylation sites is 2. The Bertz CT molecular complexity index is 446. The van der Waals surface area contributed by atoms with Crippen molar-refractivity contribution in [2.45, 2.75) is 13.8 Å². The third-order valence-corrected chi connectivity index (χ3v) is 2.40. The van der Waals surface area contributed by atoms with E-state index >= 15 is 0 Å². The highest BCUT2D eigenvalue weighted by atomic mass is 16.5.